The van der Waals surface area contributed by atoms with Crippen molar-refractivity contribution in [3.63, 3.8) is 0 Å². The smallest absolute Gasteiger partial charge is 0.00262 e. The van der Waals surface area contributed by atoms with E-state index in [0.29, 0.717) is 0 Å². The van der Waals surface area contributed by atoms with E-state index in [9.17, 15) is 0 Å². The van der Waals surface area contributed by atoms with E-state index in [1.165, 1.54) is 60.1 Å². The first-order valence-electron chi connectivity index (χ1n) is 12.5. The standard InChI is InChI=1S/C36H28/c1-24(2)21-25(3)27-13-10-14-29(22-27)35-31-15-6-8-17-33(31)36(34-18-9-7-16-32(34)35)30-20-19-26-11-4-5-12-28(26)23-30/h4-23H,3H2,1-2H3. The first-order chi connectivity index (χ1) is 17.6. The Kier molecular flexibility index (Phi) is 5.51. The van der Waals surface area contributed by atoms with Crippen molar-refractivity contribution in [3.05, 3.63) is 139 Å². The van der Waals surface area contributed by atoms with Crippen LogP contribution in [-0.2, 0) is 0 Å². The molecule has 0 bridgehead atoms. The summed E-state index contributed by atoms with van der Waals surface area (Å²) in [7, 11) is 0. The molecule has 0 aliphatic rings. The van der Waals surface area contributed by atoms with E-state index in [-0.39, 0.29) is 0 Å². The van der Waals surface area contributed by atoms with Crippen LogP contribution in [0.2, 0.25) is 0 Å². The van der Waals surface area contributed by atoms with Gasteiger partial charge < -0.3 is 0 Å². The zero-order valence-corrected chi connectivity index (χ0v) is 20.8. The van der Waals surface area contributed by atoms with Gasteiger partial charge in [0.1, 0.15) is 0 Å². The van der Waals surface area contributed by atoms with Gasteiger partial charge in [-0.15, -0.1) is 0 Å². The van der Waals surface area contributed by atoms with Crippen LogP contribution in [-0.4, -0.2) is 0 Å². The van der Waals surface area contributed by atoms with Gasteiger partial charge in [-0.25, -0.2) is 0 Å². The van der Waals surface area contributed by atoms with Crippen LogP contribution in [0.4, 0.5) is 0 Å². The Bertz CT molecular complexity index is 1750. The molecule has 0 atom stereocenters. The fraction of sp³-hybridized carbons (Fsp3) is 0.0556. The molecule has 0 heteroatoms. The third-order valence-corrected chi connectivity index (χ3v) is 6.95. The molecular weight excluding hydrogens is 432 g/mol. The summed E-state index contributed by atoms with van der Waals surface area (Å²) in [6, 6.07) is 41.9. The monoisotopic (exact) mass is 460 g/mol. The van der Waals surface area contributed by atoms with Gasteiger partial charge in [-0.2, -0.15) is 0 Å². The molecule has 0 unspecified atom stereocenters. The molecule has 0 N–H and O–H groups in total. The van der Waals surface area contributed by atoms with E-state index >= 15 is 0 Å². The Labute approximate surface area is 212 Å². The van der Waals surface area contributed by atoms with Crippen LogP contribution in [0.5, 0.6) is 0 Å². The molecule has 0 spiro atoms. The Morgan fingerprint density at radius 1 is 0.528 bits per heavy atom. The molecule has 36 heavy (non-hydrogen) atoms. The number of benzene rings is 6. The average molecular weight is 461 g/mol. The fourth-order valence-electron chi connectivity index (χ4n) is 5.40. The lowest BCUT2D eigenvalue weighted by atomic mass is 9.85. The van der Waals surface area contributed by atoms with Crippen molar-refractivity contribution in [2.24, 2.45) is 0 Å². The van der Waals surface area contributed by atoms with Gasteiger partial charge in [0.05, 0.1) is 0 Å². The minimum Gasteiger partial charge on any atom is -0.0912 e. The van der Waals surface area contributed by atoms with Crippen LogP contribution in [0.3, 0.4) is 0 Å². The Hall–Kier alpha value is -4.42. The highest BCUT2D eigenvalue weighted by molar-refractivity contribution is 6.21. The van der Waals surface area contributed by atoms with E-state index in [1.807, 2.05) is 0 Å². The predicted octanol–water partition coefficient (Wildman–Crippen LogP) is 10.5. The quantitative estimate of drug-likeness (QED) is 0.181. The first kappa shape index (κ1) is 22.1. The topological polar surface area (TPSA) is 0 Å². The van der Waals surface area contributed by atoms with Crippen molar-refractivity contribution in [1.29, 1.82) is 0 Å². The molecule has 0 aliphatic carbocycles. The van der Waals surface area contributed by atoms with Gasteiger partial charge in [-0.3, -0.25) is 0 Å². The second-order valence-corrected chi connectivity index (χ2v) is 9.73. The average Bonchev–Trinajstić information content (AvgIpc) is 2.91. The Morgan fingerprint density at radius 2 is 1.06 bits per heavy atom. The summed E-state index contributed by atoms with van der Waals surface area (Å²) in [4.78, 5) is 0. The normalized spacial score (nSPS) is 11.2. The molecule has 172 valence electrons. The van der Waals surface area contributed by atoms with Gasteiger partial charge in [-0.1, -0.05) is 121 Å². The minimum absolute atomic E-state index is 1.04. The van der Waals surface area contributed by atoms with Crippen molar-refractivity contribution >= 4 is 37.9 Å². The third-order valence-electron chi connectivity index (χ3n) is 6.95. The van der Waals surface area contributed by atoms with Crippen LogP contribution in [0.25, 0.3) is 60.1 Å². The van der Waals surface area contributed by atoms with Gasteiger partial charge in [0.15, 0.2) is 0 Å². The lowest BCUT2D eigenvalue weighted by Gasteiger charge is -2.18. The molecule has 0 heterocycles. The van der Waals surface area contributed by atoms with Crippen molar-refractivity contribution in [2.75, 3.05) is 0 Å². The van der Waals surface area contributed by atoms with Gasteiger partial charge >= 0.3 is 0 Å². The molecule has 6 aromatic rings. The summed E-state index contributed by atoms with van der Waals surface area (Å²) in [6.45, 7) is 8.55. The molecule has 0 nitrogen and oxygen atoms in total. The number of allylic oxidation sites excluding steroid dienone is 3. The van der Waals surface area contributed by atoms with E-state index in [4.69, 9.17) is 0 Å². The number of fused-ring (bicyclic) bond motifs is 3. The number of hydrogen-bond acceptors (Lipinski definition) is 0. The number of rotatable bonds is 4. The number of hydrogen-bond donors (Lipinski definition) is 0. The van der Waals surface area contributed by atoms with Gasteiger partial charge in [-0.05, 0) is 91.7 Å². The van der Waals surface area contributed by atoms with Gasteiger partial charge in [0.2, 0.25) is 0 Å². The molecule has 0 aromatic heterocycles. The van der Waals surface area contributed by atoms with Gasteiger partial charge in [0, 0.05) is 0 Å². The van der Waals surface area contributed by atoms with Crippen molar-refractivity contribution in [1.82, 2.24) is 0 Å². The van der Waals surface area contributed by atoms with Crippen molar-refractivity contribution in [2.45, 2.75) is 13.8 Å². The largest absolute Gasteiger partial charge is 0.0912 e. The molecule has 0 saturated heterocycles. The molecule has 6 aromatic carbocycles. The van der Waals surface area contributed by atoms with Crippen LogP contribution >= 0.6 is 0 Å². The second kappa shape index (κ2) is 8.98. The van der Waals surface area contributed by atoms with Crippen LogP contribution in [0.1, 0.15) is 19.4 Å². The molecule has 0 radical (unpaired) electrons. The SMILES string of the molecule is C=C(C=C(C)C)c1cccc(-c2c3ccccc3c(-c3ccc4ccccc4c3)c3ccccc23)c1. The summed E-state index contributed by atoms with van der Waals surface area (Å²) in [6.07, 6.45) is 2.15. The van der Waals surface area contributed by atoms with E-state index < -0.39 is 0 Å². The molecular formula is C36H28. The predicted molar refractivity (Wildman–Crippen MR) is 158 cm³/mol. The highest BCUT2D eigenvalue weighted by Gasteiger charge is 2.17. The molecule has 0 saturated carbocycles. The zero-order valence-electron chi connectivity index (χ0n) is 20.8. The summed E-state index contributed by atoms with van der Waals surface area (Å²) >= 11 is 0. The molecule has 0 fully saturated rings. The van der Waals surface area contributed by atoms with Gasteiger partial charge in [0.25, 0.3) is 0 Å². The lowest BCUT2D eigenvalue weighted by molar-refractivity contribution is 1.39. The van der Waals surface area contributed by atoms with Crippen LogP contribution in [0.15, 0.2) is 133 Å². The Morgan fingerprint density at radius 3 is 1.64 bits per heavy atom. The lowest BCUT2D eigenvalue weighted by Crippen LogP contribution is -1.91. The fourth-order valence-corrected chi connectivity index (χ4v) is 5.40. The van der Waals surface area contributed by atoms with Crippen LogP contribution in [0, 0.1) is 0 Å². The Balaban J connectivity index is 1.68. The van der Waals surface area contributed by atoms with Crippen molar-refractivity contribution in [3.8, 4) is 22.3 Å². The highest BCUT2D eigenvalue weighted by Crippen LogP contribution is 2.44. The zero-order chi connectivity index (χ0) is 24.6. The molecule has 0 amide bonds. The minimum atomic E-state index is 1.04. The first-order valence-corrected chi connectivity index (χ1v) is 12.5. The second-order valence-electron chi connectivity index (χ2n) is 9.73. The maximum absolute atomic E-state index is 4.33. The highest BCUT2D eigenvalue weighted by atomic mass is 14.2. The maximum Gasteiger partial charge on any atom is -0.00262 e. The van der Waals surface area contributed by atoms with E-state index in [1.54, 1.807) is 0 Å². The van der Waals surface area contributed by atoms with E-state index in [2.05, 4.69) is 142 Å². The third kappa shape index (κ3) is 3.82. The summed E-state index contributed by atoms with van der Waals surface area (Å²) < 4.78 is 0. The summed E-state index contributed by atoms with van der Waals surface area (Å²) in [5.41, 5.74) is 8.48. The molecule has 0 aliphatic heterocycles. The molecule has 6 rings (SSSR count). The van der Waals surface area contributed by atoms with E-state index in [0.717, 1.165) is 11.1 Å². The van der Waals surface area contributed by atoms with Crippen LogP contribution < -0.4 is 0 Å². The maximum atomic E-state index is 4.33. The van der Waals surface area contributed by atoms with Crippen molar-refractivity contribution < 1.29 is 0 Å². The summed E-state index contributed by atoms with van der Waals surface area (Å²) in [5.74, 6) is 0. The summed E-state index contributed by atoms with van der Waals surface area (Å²) in [5, 5.41) is 7.61.